The molecule has 0 aliphatic heterocycles. The molecule has 0 saturated carbocycles. The molecule has 0 radical (unpaired) electrons. The average Bonchev–Trinajstić information content (AvgIpc) is 2.69. The van der Waals surface area contributed by atoms with Gasteiger partial charge in [0.05, 0.1) is 10.7 Å². The van der Waals surface area contributed by atoms with E-state index < -0.39 is 0 Å². The minimum Gasteiger partial charge on any atom is -0.458 e. The normalized spacial score (nSPS) is 13.9. The minimum absolute atomic E-state index is 0.212. The summed E-state index contributed by atoms with van der Waals surface area (Å²) in [5, 5.41) is 3.03. The second kappa shape index (κ2) is 7.68. The Balaban J connectivity index is 2.82. The molecule has 1 heterocycles. The van der Waals surface area contributed by atoms with E-state index in [4.69, 9.17) is 4.74 Å². The van der Waals surface area contributed by atoms with Crippen LogP contribution in [-0.4, -0.2) is 17.1 Å². The Hall–Kier alpha value is -0.690. The molecule has 18 heavy (non-hydrogen) atoms. The van der Waals surface area contributed by atoms with E-state index in [1.165, 1.54) is 6.92 Å². The molecule has 0 aliphatic rings. The summed E-state index contributed by atoms with van der Waals surface area (Å²) in [6.45, 7) is 5.37. The van der Waals surface area contributed by atoms with Gasteiger partial charge in [0.25, 0.3) is 0 Å². The number of nitrogens with zero attached hydrogens (tertiary/aromatic N) is 1. The number of hydrogen-bond acceptors (Lipinski definition) is 4. The van der Waals surface area contributed by atoms with Crippen molar-refractivity contribution in [2.45, 2.75) is 33.3 Å². The summed E-state index contributed by atoms with van der Waals surface area (Å²) >= 11 is 3.76. The third-order valence-corrected chi connectivity index (χ3v) is 3.57. The van der Waals surface area contributed by atoms with Crippen LogP contribution in [0, 0.1) is 6.92 Å². The average molecular weight is 377 g/mol. The first kappa shape index (κ1) is 15.4. The molecule has 0 aliphatic carbocycles. The Kier molecular flexibility index (Phi) is 6.56. The summed E-state index contributed by atoms with van der Waals surface area (Å²) in [7, 11) is 0. The monoisotopic (exact) mass is 377 g/mol. The first-order valence-corrected chi connectivity index (χ1v) is 7.68. The number of aryl methyl sites for hydroxylation is 1. The molecule has 1 atom stereocenters. The van der Waals surface area contributed by atoms with Gasteiger partial charge in [-0.2, -0.15) is 0 Å². The predicted molar refractivity (Wildman–Crippen MR) is 83.8 cm³/mol. The number of carbonyl (C=O) groups is 1. The first-order chi connectivity index (χ1) is 8.52. The van der Waals surface area contributed by atoms with E-state index in [0.29, 0.717) is 6.42 Å². The van der Waals surface area contributed by atoms with Crippen molar-refractivity contribution in [2.75, 3.05) is 0 Å². The van der Waals surface area contributed by atoms with E-state index in [9.17, 15) is 4.79 Å². The lowest BCUT2D eigenvalue weighted by Gasteiger charge is -2.15. The molecule has 1 aromatic rings. The fourth-order valence-corrected chi connectivity index (χ4v) is 2.34. The van der Waals surface area contributed by atoms with Crippen LogP contribution >= 0.6 is 33.9 Å². The highest BCUT2D eigenvalue weighted by molar-refractivity contribution is 14.1. The largest absolute Gasteiger partial charge is 0.458 e. The maximum Gasteiger partial charge on any atom is 0.303 e. The van der Waals surface area contributed by atoms with Gasteiger partial charge in [-0.1, -0.05) is 28.7 Å². The summed E-state index contributed by atoms with van der Waals surface area (Å²) in [5.74, 6) is -0.260. The fraction of sp³-hybridized carbons (Fsp3) is 0.385. The molecule has 5 heteroatoms. The number of carbonyl (C=O) groups excluding carboxylic acids is 1. The number of hydrogen-bond donors (Lipinski definition) is 0. The molecular formula is C13H16INO2S. The quantitative estimate of drug-likeness (QED) is 0.572. The SMILES string of the molecule is CC(=O)O[C@@H](CC=CI)C(C)=Cc1csc(C)n1. The zero-order valence-electron chi connectivity index (χ0n) is 10.6. The molecule has 3 nitrogen and oxygen atoms in total. The molecule has 0 spiro atoms. The van der Waals surface area contributed by atoms with Crippen LogP contribution < -0.4 is 0 Å². The lowest BCUT2D eigenvalue weighted by atomic mass is 10.1. The van der Waals surface area contributed by atoms with Crippen LogP contribution in [-0.2, 0) is 9.53 Å². The molecule has 0 N–H and O–H groups in total. The van der Waals surface area contributed by atoms with Gasteiger partial charge in [0.15, 0.2) is 0 Å². The van der Waals surface area contributed by atoms with E-state index in [0.717, 1.165) is 16.3 Å². The minimum atomic E-state index is -0.260. The molecule has 0 aromatic carbocycles. The fourth-order valence-electron chi connectivity index (χ4n) is 1.47. The van der Waals surface area contributed by atoms with Crippen LogP contribution in [0.2, 0.25) is 0 Å². The lowest BCUT2D eigenvalue weighted by molar-refractivity contribution is -0.144. The van der Waals surface area contributed by atoms with Crippen LogP contribution in [0.5, 0.6) is 0 Å². The van der Waals surface area contributed by atoms with Crippen molar-refractivity contribution >= 4 is 46.0 Å². The van der Waals surface area contributed by atoms with Gasteiger partial charge in [0.2, 0.25) is 0 Å². The summed E-state index contributed by atoms with van der Waals surface area (Å²) in [5.41, 5.74) is 1.93. The van der Waals surface area contributed by atoms with Gasteiger partial charge in [0, 0.05) is 18.7 Å². The smallest absolute Gasteiger partial charge is 0.303 e. The third-order valence-electron chi connectivity index (χ3n) is 2.27. The summed E-state index contributed by atoms with van der Waals surface area (Å²) < 4.78 is 7.23. The van der Waals surface area contributed by atoms with E-state index in [1.807, 2.05) is 35.5 Å². The Morgan fingerprint density at radius 2 is 2.33 bits per heavy atom. The topological polar surface area (TPSA) is 39.2 Å². The van der Waals surface area contributed by atoms with Crippen LogP contribution in [0.1, 0.15) is 31.0 Å². The summed E-state index contributed by atoms with van der Waals surface area (Å²) in [6, 6.07) is 0. The number of aromatic nitrogens is 1. The van der Waals surface area contributed by atoms with Crippen molar-refractivity contribution in [1.29, 1.82) is 0 Å². The number of rotatable bonds is 5. The van der Waals surface area contributed by atoms with Crippen molar-refractivity contribution < 1.29 is 9.53 Å². The lowest BCUT2D eigenvalue weighted by Crippen LogP contribution is -2.16. The number of esters is 1. The van der Waals surface area contributed by atoms with E-state index in [-0.39, 0.29) is 12.1 Å². The van der Waals surface area contributed by atoms with Gasteiger partial charge >= 0.3 is 5.97 Å². The Morgan fingerprint density at radius 3 is 2.83 bits per heavy atom. The second-order valence-electron chi connectivity index (χ2n) is 3.88. The highest BCUT2D eigenvalue weighted by Gasteiger charge is 2.13. The zero-order chi connectivity index (χ0) is 13.5. The van der Waals surface area contributed by atoms with Crippen molar-refractivity contribution in [3.8, 4) is 0 Å². The molecule has 0 fully saturated rings. The van der Waals surface area contributed by atoms with Gasteiger partial charge < -0.3 is 4.74 Å². The Morgan fingerprint density at radius 1 is 1.61 bits per heavy atom. The summed E-state index contributed by atoms with van der Waals surface area (Å²) in [4.78, 5) is 15.5. The molecule has 1 rings (SSSR count). The molecule has 98 valence electrons. The number of halogens is 1. The Bertz CT molecular complexity index is 465. The molecule has 0 unspecified atom stereocenters. The Labute approximate surface area is 125 Å². The van der Waals surface area contributed by atoms with Crippen molar-refractivity contribution in [1.82, 2.24) is 4.98 Å². The number of thiazole rings is 1. The van der Waals surface area contributed by atoms with Crippen LogP contribution in [0.25, 0.3) is 6.08 Å². The van der Waals surface area contributed by atoms with Gasteiger partial charge in [-0.05, 0) is 29.6 Å². The van der Waals surface area contributed by atoms with Gasteiger partial charge in [-0.3, -0.25) is 4.79 Å². The molecule has 0 amide bonds. The number of ether oxygens (including phenoxy) is 1. The molecule has 0 bridgehead atoms. The third kappa shape index (κ3) is 5.30. The van der Waals surface area contributed by atoms with E-state index >= 15 is 0 Å². The van der Waals surface area contributed by atoms with Crippen molar-refractivity contribution in [3.05, 3.63) is 31.8 Å². The highest BCUT2D eigenvalue weighted by Crippen LogP contribution is 2.17. The van der Waals surface area contributed by atoms with Crippen molar-refractivity contribution in [3.63, 3.8) is 0 Å². The van der Waals surface area contributed by atoms with Gasteiger partial charge in [0.1, 0.15) is 6.10 Å². The highest BCUT2D eigenvalue weighted by atomic mass is 127. The van der Waals surface area contributed by atoms with Crippen LogP contribution in [0.3, 0.4) is 0 Å². The van der Waals surface area contributed by atoms with Crippen LogP contribution in [0.4, 0.5) is 0 Å². The van der Waals surface area contributed by atoms with Gasteiger partial charge in [-0.15, -0.1) is 11.3 Å². The summed E-state index contributed by atoms with van der Waals surface area (Å²) in [6.07, 6.45) is 4.43. The maximum atomic E-state index is 11.1. The second-order valence-corrected chi connectivity index (χ2v) is 5.66. The van der Waals surface area contributed by atoms with Crippen molar-refractivity contribution in [2.24, 2.45) is 0 Å². The zero-order valence-corrected chi connectivity index (χ0v) is 13.6. The van der Waals surface area contributed by atoms with Crippen LogP contribution in [0.15, 0.2) is 21.1 Å². The molecule has 0 saturated heterocycles. The van der Waals surface area contributed by atoms with E-state index in [2.05, 4.69) is 27.6 Å². The van der Waals surface area contributed by atoms with E-state index in [1.54, 1.807) is 11.3 Å². The molecular weight excluding hydrogens is 361 g/mol. The first-order valence-electron chi connectivity index (χ1n) is 5.55. The van der Waals surface area contributed by atoms with Gasteiger partial charge in [-0.25, -0.2) is 4.98 Å². The standard InChI is InChI=1S/C13H16INO2S/c1-9(7-12-8-18-10(2)15-12)13(5-4-6-14)17-11(3)16/h4,6-8,13H,5H2,1-3H3/t13-/m0/s1. The maximum absolute atomic E-state index is 11.1. The molecule has 1 aromatic heterocycles. The predicted octanol–water partition coefficient (Wildman–Crippen LogP) is 4.13.